The Balaban J connectivity index is 2.99. The van der Waals surface area contributed by atoms with Gasteiger partial charge in [-0.2, -0.15) is 0 Å². The van der Waals surface area contributed by atoms with E-state index in [0.717, 1.165) is 11.3 Å². The molecule has 0 amide bonds. The molecule has 0 spiro atoms. The molecule has 0 saturated carbocycles. The lowest BCUT2D eigenvalue weighted by Crippen LogP contribution is -1.87. The average Bonchev–Trinajstić information content (AvgIpc) is 2.04. The molecular formula is C9H13NS. The maximum absolute atomic E-state index is 5.43. The molecule has 2 heteroatoms. The van der Waals surface area contributed by atoms with Crippen LogP contribution in [0, 0.1) is 6.92 Å². The second-order valence-electron chi connectivity index (χ2n) is 2.56. The van der Waals surface area contributed by atoms with Crippen molar-refractivity contribution in [2.24, 2.45) is 5.14 Å². The standard InChI is InChI=1S/C9H13NS/c1-3-8-4-5-9(11-10)6-7(8)2/h4-6H,3,10H2,1-2H3. The zero-order valence-electron chi connectivity index (χ0n) is 6.92. The third-order valence-corrected chi connectivity index (χ3v) is 2.36. The molecular weight excluding hydrogens is 154 g/mol. The Morgan fingerprint density at radius 1 is 1.45 bits per heavy atom. The Labute approximate surface area is 72.1 Å². The SMILES string of the molecule is CCc1ccc(SN)cc1C. The van der Waals surface area contributed by atoms with E-state index in [1.165, 1.54) is 23.1 Å². The minimum Gasteiger partial charge on any atom is -0.274 e. The van der Waals surface area contributed by atoms with Crippen LogP contribution in [0.25, 0.3) is 0 Å². The van der Waals surface area contributed by atoms with E-state index in [1.54, 1.807) is 0 Å². The maximum atomic E-state index is 5.43. The van der Waals surface area contributed by atoms with Crippen molar-refractivity contribution < 1.29 is 0 Å². The van der Waals surface area contributed by atoms with Gasteiger partial charge in [-0.1, -0.05) is 13.0 Å². The predicted octanol–water partition coefficient (Wildman–Crippen LogP) is 2.52. The van der Waals surface area contributed by atoms with Crippen molar-refractivity contribution >= 4 is 11.9 Å². The van der Waals surface area contributed by atoms with E-state index in [-0.39, 0.29) is 0 Å². The fourth-order valence-corrected chi connectivity index (χ4v) is 1.53. The molecule has 0 unspecified atom stereocenters. The Morgan fingerprint density at radius 2 is 2.18 bits per heavy atom. The first-order chi connectivity index (χ1) is 5.27. The van der Waals surface area contributed by atoms with Crippen molar-refractivity contribution in [2.45, 2.75) is 25.2 Å². The lowest BCUT2D eigenvalue weighted by atomic mass is 10.1. The topological polar surface area (TPSA) is 26.0 Å². The molecule has 0 fully saturated rings. The monoisotopic (exact) mass is 167 g/mol. The van der Waals surface area contributed by atoms with E-state index in [9.17, 15) is 0 Å². The third kappa shape index (κ3) is 1.98. The van der Waals surface area contributed by atoms with Crippen molar-refractivity contribution in [2.75, 3.05) is 0 Å². The molecule has 0 bridgehead atoms. The van der Waals surface area contributed by atoms with Gasteiger partial charge in [0.15, 0.2) is 0 Å². The summed E-state index contributed by atoms with van der Waals surface area (Å²) in [6.45, 7) is 4.29. The van der Waals surface area contributed by atoms with Gasteiger partial charge >= 0.3 is 0 Å². The van der Waals surface area contributed by atoms with Gasteiger partial charge < -0.3 is 0 Å². The van der Waals surface area contributed by atoms with Gasteiger partial charge in [-0.15, -0.1) is 0 Å². The quantitative estimate of drug-likeness (QED) is 0.685. The summed E-state index contributed by atoms with van der Waals surface area (Å²) in [5.41, 5.74) is 2.74. The summed E-state index contributed by atoms with van der Waals surface area (Å²) in [4.78, 5) is 1.14. The first-order valence-corrected chi connectivity index (χ1v) is 4.62. The van der Waals surface area contributed by atoms with Crippen LogP contribution in [0.3, 0.4) is 0 Å². The molecule has 60 valence electrons. The van der Waals surface area contributed by atoms with Crippen molar-refractivity contribution in [1.82, 2.24) is 0 Å². The van der Waals surface area contributed by atoms with Gasteiger partial charge in [0, 0.05) is 4.90 Å². The molecule has 1 aromatic rings. The van der Waals surface area contributed by atoms with E-state index in [2.05, 4.69) is 32.0 Å². The van der Waals surface area contributed by atoms with Crippen LogP contribution >= 0.6 is 11.9 Å². The molecule has 2 N–H and O–H groups in total. The molecule has 11 heavy (non-hydrogen) atoms. The van der Waals surface area contributed by atoms with Crippen molar-refractivity contribution in [3.05, 3.63) is 29.3 Å². The van der Waals surface area contributed by atoms with E-state index < -0.39 is 0 Å². The molecule has 0 atom stereocenters. The van der Waals surface area contributed by atoms with Gasteiger partial charge in [-0.05, 0) is 48.6 Å². The Morgan fingerprint density at radius 3 is 2.64 bits per heavy atom. The normalized spacial score (nSPS) is 10.1. The van der Waals surface area contributed by atoms with Crippen LogP contribution in [0.5, 0.6) is 0 Å². The smallest absolute Gasteiger partial charge is 0.0228 e. The van der Waals surface area contributed by atoms with E-state index >= 15 is 0 Å². The van der Waals surface area contributed by atoms with Crippen molar-refractivity contribution in [3.8, 4) is 0 Å². The van der Waals surface area contributed by atoms with Gasteiger partial charge in [0.05, 0.1) is 0 Å². The maximum Gasteiger partial charge on any atom is 0.0228 e. The van der Waals surface area contributed by atoms with Gasteiger partial charge in [0.2, 0.25) is 0 Å². The Kier molecular flexibility index (Phi) is 2.97. The van der Waals surface area contributed by atoms with Crippen LogP contribution in [0.15, 0.2) is 23.1 Å². The number of nitrogens with two attached hydrogens (primary N) is 1. The highest BCUT2D eigenvalue weighted by Gasteiger charge is 1.96. The van der Waals surface area contributed by atoms with Crippen LogP contribution in [0.4, 0.5) is 0 Å². The summed E-state index contributed by atoms with van der Waals surface area (Å²) in [5, 5.41) is 5.43. The summed E-state index contributed by atoms with van der Waals surface area (Å²) in [6.07, 6.45) is 1.10. The van der Waals surface area contributed by atoms with E-state index in [4.69, 9.17) is 5.14 Å². The number of aryl methyl sites for hydroxylation is 2. The second-order valence-corrected chi connectivity index (χ2v) is 3.27. The molecule has 1 aromatic carbocycles. The number of hydrogen-bond acceptors (Lipinski definition) is 2. The van der Waals surface area contributed by atoms with Gasteiger partial charge in [-0.3, -0.25) is 5.14 Å². The third-order valence-electron chi connectivity index (χ3n) is 1.83. The average molecular weight is 167 g/mol. The van der Waals surface area contributed by atoms with Gasteiger partial charge in [-0.25, -0.2) is 0 Å². The van der Waals surface area contributed by atoms with E-state index in [0.29, 0.717) is 0 Å². The Bertz CT molecular complexity index is 245. The fourth-order valence-electron chi connectivity index (χ4n) is 1.14. The highest BCUT2D eigenvalue weighted by molar-refractivity contribution is 7.97. The first kappa shape index (κ1) is 8.62. The highest BCUT2D eigenvalue weighted by Crippen LogP contribution is 2.17. The van der Waals surface area contributed by atoms with Crippen molar-refractivity contribution in [3.63, 3.8) is 0 Å². The van der Waals surface area contributed by atoms with Crippen LogP contribution in [0.2, 0.25) is 0 Å². The molecule has 0 saturated heterocycles. The van der Waals surface area contributed by atoms with Crippen LogP contribution in [-0.2, 0) is 6.42 Å². The zero-order valence-corrected chi connectivity index (χ0v) is 7.74. The first-order valence-electron chi connectivity index (χ1n) is 3.74. The minimum absolute atomic E-state index is 1.10. The molecule has 1 nitrogen and oxygen atoms in total. The molecule has 0 aliphatic rings. The lowest BCUT2D eigenvalue weighted by molar-refractivity contribution is 1.10. The molecule has 0 aliphatic heterocycles. The highest BCUT2D eigenvalue weighted by atomic mass is 32.2. The fraction of sp³-hybridized carbons (Fsp3) is 0.333. The molecule has 0 aliphatic carbocycles. The summed E-state index contributed by atoms with van der Waals surface area (Å²) in [5.74, 6) is 0. The second kappa shape index (κ2) is 3.79. The molecule has 0 aromatic heterocycles. The summed E-state index contributed by atoms with van der Waals surface area (Å²) < 4.78 is 0. The Hall–Kier alpha value is -0.470. The summed E-state index contributed by atoms with van der Waals surface area (Å²) >= 11 is 1.30. The summed E-state index contributed by atoms with van der Waals surface area (Å²) in [6, 6.07) is 6.34. The molecule has 1 rings (SSSR count). The molecule has 0 heterocycles. The van der Waals surface area contributed by atoms with Gasteiger partial charge in [0.25, 0.3) is 0 Å². The van der Waals surface area contributed by atoms with Crippen LogP contribution < -0.4 is 5.14 Å². The number of hydrogen-bond donors (Lipinski definition) is 1. The predicted molar refractivity (Wildman–Crippen MR) is 50.6 cm³/mol. The lowest BCUT2D eigenvalue weighted by Gasteiger charge is -2.03. The van der Waals surface area contributed by atoms with Crippen LogP contribution in [-0.4, -0.2) is 0 Å². The minimum atomic E-state index is 1.10. The number of rotatable bonds is 2. The van der Waals surface area contributed by atoms with E-state index in [1.807, 2.05) is 0 Å². The summed E-state index contributed by atoms with van der Waals surface area (Å²) in [7, 11) is 0. The zero-order chi connectivity index (χ0) is 8.27. The van der Waals surface area contributed by atoms with Crippen LogP contribution in [0.1, 0.15) is 18.1 Å². The largest absolute Gasteiger partial charge is 0.274 e. The van der Waals surface area contributed by atoms with Gasteiger partial charge in [0.1, 0.15) is 0 Å². The van der Waals surface area contributed by atoms with Crippen molar-refractivity contribution in [1.29, 1.82) is 0 Å². The number of benzene rings is 1. The molecule has 0 radical (unpaired) electrons.